The largest absolute Gasteiger partial charge is 0.357 e. The van der Waals surface area contributed by atoms with Crippen molar-refractivity contribution >= 4 is 17.6 Å². The van der Waals surface area contributed by atoms with Gasteiger partial charge in [0.25, 0.3) is 11.8 Å². The second-order valence-corrected chi connectivity index (χ2v) is 6.88. The second-order valence-electron chi connectivity index (χ2n) is 6.88. The maximum Gasteiger partial charge on any atom is 0.255 e. The predicted octanol–water partition coefficient (Wildman–Crippen LogP) is 2.92. The van der Waals surface area contributed by atoms with Gasteiger partial charge in [0.2, 0.25) is 0 Å². The van der Waals surface area contributed by atoms with E-state index in [9.17, 15) is 9.59 Å². The molecule has 0 unspecified atom stereocenters. The van der Waals surface area contributed by atoms with Crippen LogP contribution in [0, 0.1) is 0 Å². The number of pyridine rings is 1. The fourth-order valence-corrected chi connectivity index (χ4v) is 3.52. The molecule has 1 saturated heterocycles. The van der Waals surface area contributed by atoms with E-state index in [1.165, 1.54) is 0 Å². The third-order valence-electron chi connectivity index (χ3n) is 5.17. The van der Waals surface area contributed by atoms with E-state index in [2.05, 4.69) is 23.7 Å². The molecule has 0 atom stereocenters. The van der Waals surface area contributed by atoms with Crippen LogP contribution in [0.3, 0.4) is 0 Å². The van der Waals surface area contributed by atoms with E-state index in [1.54, 1.807) is 6.20 Å². The Kier molecular flexibility index (Phi) is 6.63. The lowest BCUT2D eigenvalue weighted by molar-refractivity contribution is 0.0718. The summed E-state index contributed by atoms with van der Waals surface area (Å²) in [6, 6.07) is 13.1. The van der Waals surface area contributed by atoms with Gasteiger partial charge in [-0.2, -0.15) is 0 Å². The van der Waals surface area contributed by atoms with Gasteiger partial charge in [-0.05, 0) is 44.5 Å². The van der Waals surface area contributed by atoms with E-state index < -0.39 is 0 Å². The third kappa shape index (κ3) is 4.50. The third-order valence-corrected chi connectivity index (χ3v) is 5.17. The molecule has 2 amide bonds. The van der Waals surface area contributed by atoms with Crippen LogP contribution in [0.5, 0.6) is 0 Å². The van der Waals surface area contributed by atoms with Crippen LogP contribution < -0.4 is 4.90 Å². The summed E-state index contributed by atoms with van der Waals surface area (Å²) in [4.78, 5) is 35.8. The molecule has 2 aromatic rings. The Morgan fingerprint density at radius 2 is 1.46 bits per heavy atom. The molecular weight excluding hydrogens is 352 g/mol. The first-order valence-electron chi connectivity index (χ1n) is 9.98. The number of aromatic nitrogens is 1. The van der Waals surface area contributed by atoms with E-state index in [0.717, 1.165) is 25.3 Å². The van der Waals surface area contributed by atoms with Crippen LogP contribution in [-0.4, -0.2) is 65.9 Å². The van der Waals surface area contributed by atoms with Gasteiger partial charge in [-0.15, -0.1) is 0 Å². The minimum absolute atomic E-state index is 0.0207. The normalized spacial score (nSPS) is 14.5. The van der Waals surface area contributed by atoms with E-state index >= 15 is 0 Å². The first-order valence-corrected chi connectivity index (χ1v) is 9.98. The molecule has 1 aliphatic rings. The summed E-state index contributed by atoms with van der Waals surface area (Å²) in [5.41, 5.74) is 1.29. The zero-order chi connectivity index (χ0) is 19.9. The average molecular weight is 380 g/mol. The van der Waals surface area contributed by atoms with Crippen molar-refractivity contribution in [3.05, 3.63) is 59.8 Å². The van der Waals surface area contributed by atoms with Crippen LogP contribution in [0.2, 0.25) is 0 Å². The van der Waals surface area contributed by atoms with E-state index in [-0.39, 0.29) is 11.8 Å². The minimum atomic E-state index is -0.0207. The van der Waals surface area contributed by atoms with Gasteiger partial charge in [0.15, 0.2) is 0 Å². The van der Waals surface area contributed by atoms with Crippen molar-refractivity contribution in [3.63, 3.8) is 0 Å². The summed E-state index contributed by atoms with van der Waals surface area (Å²) in [5.74, 6) is 0.893. The lowest BCUT2D eigenvalue weighted by Crippen LogP contribution is -2.37. The molecule has 1 fully saturated rings. The lowest BCUT2D eigenvalue weighted by atomic mass is 10.2. The Labute approximate surface area is 166 Å². The van der Waals surface area contributed by atoms with Gasteiger partial charge >= 0.3 is 0 Å². The minimum Gasteiger partial charge on any atom is -0.357 e. The van der Waals surface area contributed by atoms with Crippen LogP contribution in [0.25, 0.3) is 0 Å². The summed E-state index contributed by atoms with van der Waals surface area (Å²) >= 11 is 0. The maximum atomic E-state index is 12.9. The fourth-order valence-electron chi connectivity index (χ4n) is 3.52. The number of amides is 2. The fraction of sp³-hybridized carbons (Fsp3) is 0.409. The molecule has 0 N–H and O–H groups in total. The van der Waals surface area contributed by atoms with Crippen molar-refractivity contribution < 1.29 is 9.59 Å². The molecule has 0 radical (unpaired) electrons. The molecule has 0 bridgehead atoms. The number of benzene rings is 1. The highest BCUT2D eigenvalue weighted by Crippen LogP contribution is 2.15. The number of hydrogen-bond donors (Lipinski definition) is 0. The standard InChI is InChI=1S/C22H28N4O2/c1-3-24(4-2)20-12-11-19(17-23-20)22(28)26-14-8-13-25(15-16-26)21(27)18-9-6-5-7-10-18/h5-7,9-12,17H,3-4,8,13-16H2,1-2H3. The number of nitrogens with zero attached hydrogens (tertiary/aromatic N) is 4. The molecule has 148 valence electrons. The number of carbonyl (C=O) groups is 2. The maximum absolute atomic E-state index is 12.9. The topological polar surface area (TPSA) is 56.8 Å². The van der Waals surface area contributed by atoms with Gasteiger partial charge < -0.3 is 14.7 Å². The summed E-state index contributed by atoms with van der Waals surface area (Å²) in [6.45, 7) is 8.34. The first-order chi connectivity index (χ1) is 13.6. The smallest absolute Gasteiger partial charge is 0.255 e. The van der Waals surface area contributed by atoms with E-state index in [4.69, 9.17) is 0 Å². The van der Waals surface area contributed by atoms with E-state index in [1.807, 2.05) is 52.3 Å². The molecule has 2 heterocycles. The Hall–Kier alpha value is -2.89. The zero-order valence-electron chi connectivity index (χ0n) is 16.7. The molecule has 0 aliphatic carbocycles. The number of hydrogen-bond acceptors (Lipinski definition) is 4. The van der Waals surface area contributed by atoms with Crippen LogP contribution in [0.15, 0.2) is 48.7 Å². The zero-order valence-corrected chi connectivity index (χ0v) is 16.7. The van der Waals surface area contributed by atoms with Gasteiger partial charge in [0.05, 0.1) is 5.56 Å². The molecule has 1 aromatic heterocycles. The van der Waals surface area contributed by atoms with Crippen molar-refractivity contribution in [1.82, 2.24) is 14.8 Å². The molecule has 1 aromatic carbocycles. The summed E-state index contributed by atoms with van der Waals surface area (Å²) < 4.78 is 0. The van der Waals surface area contributed by atoms with Gasteiger partial charge in [-0.1, -0.05) is 18.2 Å². The average Bonchev–Trinajstić information content (AvgIpc) is 3.01. The number of carbonyl (C=O) groups excluding carboxylic acids is 2. The first kappa shape index (κ1) is 19.9. The lowest BCUT2D eigenvalue weighted by Gasteiger charge is -2.23. The quantitative estimate of drug-likeness (QED) is 0.800. The second kappa shape index (κ2) is 9.35. The number of rotatable bonds is 5. The SMILES string of the molecule is CCN(CC)c1ccc(C(=O)N2CCCN(C(=O)c3ccccc3)CC2)cn1. The Morgan fingerprint density at radius 1 is 0.857 bits per heavy atom. The highest BCUT2D eigenvalue weighted by atomic mass is 16.2. The molecule has 6 heteroatoms. The van der Waals surface area contributed by atoms with Crippen LogP contribution in [-0.2, 0) is 0 Å². The van der Waals surface area contributed by atoms with Crippen molar-refractivity contribution in [2.45, 2.75) is 20.3 Å². The molecular formula is C22H28N4O2. The summed E-state index contributed by atoms with van der Waals surface area (Å²) in [7, 11) is 0. The number of anilines is 1. The van der Waals surface area contributed by atoms with Crippen LogP contribution in [0.4, 0.5) is 5.82 Å². The van der Waals surface area contributed by atoms with E-state index in [0.29, 0.717) is 37.3 Å². The molecule has 0 saturated carbocycles. The van der Waals surface area contributed by atoms with Crippen LogP contribution in [0.1, 0.15) is 41.0 Å². The van der Waals surface area contributed by atoms with Crippen LogP contribution >= 0.6 is 0 Å². The summed E-state index contributed by atoms with van der Waals surface area (Å²) in [6.07, 6.45) is 2.43. The Morgan fingerprint density at radius 3 is 2.00 bits per heavy atom. The molecule has 1 aliphatic heterocycles. The molecule has 6 nitrogen and oxygen atoms in total. The van der Waals surface area contributed by atoms with Gasteiger partial charge in [-0.25, -0.2) is 4.98 Å². The Bertz CT molecular complexity index is 788. The monoisotopic (exact) mass is 380 g/mol. The van der Waals surface area contributed by atoms with Crippen molar-refractivity contribution in [2.75, 3.05) is 44.2 Å². The van der Waals surface area contributed by atoms with Crippen molar-refractivity contribution in [1.29, 1.82) is 0 Å². The van der Waals surface area contributed by atoms with Gasteiger partial charge in [0, 0.05) is 51.0 Å². The highest BCUT2D eigenvalue weighted by Gasteiger charge is 2.23. The molecule has 0 spiro atoms. The predicted molar refractivity (Wildman–Crippen MR) is 111 cm³/mol. The van der Waals surface area contributed by atoms with Gasteiger partial charge in [-0.3, -0.25) is 9.59 Å². The Balaban J connectivity index is 1.63. The molecule has 3 rings (SSSR count). The van der Waals surface area contributed by atoms with Crippen molar-refractivity contribution in [2.24, 2.45) is 0 Å². The highest BCUT2D eigenvalue weighted by molar-refractivity contribution is 5.95. The summed E-state index contributed by atoms with van der Waals surface area (Å²) in [5, 5.41) is 0. The van der Waals surface area contributed by atoms with Gasteiger partial charge in [0.1, 0.15) is 5.82 Å². The molecule has 28 heavy (non-hydrogen) atoms. The van der Waals surface area contributed by atoms with Crippen molar-refractivity contribution in [3.8, 4) is 0 Å².